The third-order valence-corrected chi connectivity index (χ3v) is 2.68. The molecule has 1 rings (SSSR count). The summed E-state index contributed by atoms with van der Waals surface area (Å²) in [5.41, 5.74) is 1.93. The number of nitrogens with zero attached hydrogens (tertiary/aromatic N) is 1. The number of benzene rings is 1. The predicted molar refractivity (Wildman–Crippen MR) is 73.4 cm³/mol. The molecular weight excluding hydrogens is 228 g/mol. The van der Waals surface area contributed by atoms with Crippen LogP contribution in [-0.2, 0) is 11.3 Å². The van der Waals surface area contributed by atoms with Crippen molar-refractivity contribution in [1.82, 2.24) is 4.90 Å². The summed E-state index contributed by atoms with van der Waals surface area (Å²) < 4.78 is 0. The van der Waals surface area contributed by atoms with Gasteiger partial charge < -0.3 is 10.4 Å². The van der Waals surface area contributed by atoms with Crippen molar-refractivity contribution in [1.29, 1.82) is 0 Å². The van der Waals surface area contributed by atoms with E-state index in [0.29, 0.717) is 6.54 Å². The fourth-order valence-electron chi connectivity index (χ4n) is 1.94. The van der Waals surface area contributed by atoms with Gasteiger partial charge in [0, 0.05) is 25.7 Å². The van der Waals surface area contributed by atoms with Gasteiger partial charge in [0.2, 0.25) is 5.91 Å². The third-order valence-electron chi connectivity index (χ3n) is 2.68. The highest BCUT2D eigenvalue weighted by Gasteiger charge is 2.08. The van der Waals surface area contributed by atoms with Gasteiger partial charge in [-0.2, -0.15) is 0 Å². The summed E-state index contributed by atoms with van der Waals surface area (Å²) in [6, 6.07) is 7.78. The van der Waals surface area contributed by atoms with Crippen molar-refractivity contribution in [3.05, 3.63) is 29.8 Å². The van der Waals surface area contributed by atoms with Crippen molar-refractivity contribution in [2.75, 3.05) is 25.0 Å². The number of rotatable bonds is 7. The molecule has 0 saturated heterocycles. The van der Waals surface area contributed by atoms with Gasteiger partial charge in [-0.25, -0.2) is 0 Å². The van der Waals surface area contributed by atoms with Crippen LogP contribution in [0.15, 0.2) is 24.3 Å². The maximum Gasteiger partial charge on any atom is 0.221 e. The predicted octanol–water partition coefficient (Wildman–Crippen LogP) is 1.85. The van der Waals surface area contributed by atoms with E-state index in [0.717, 1.165) is 30.8 Å². The molecule has 1 aromatic rings. The highest BCUT2D eigenvalue weighted by molar-refractivity contribution is 5.89. The van der Waals surface area contributed by atoms with Gasteiger partial charge in [-0.05, 0) is 24.6 Å². The first-order chi connectivity index (χ1) is 8.67. The van der Waals surface area contributed by atoms with Crippen molar-refractivity contribution >= 4 is 11.6 Å². The van der Waals surface area contributed by atoms with E-state index >= 15 is 0 Å². The molecule has 1 amide bonds. The molecule has 0 bridgehead atoms. The second kappa shape index (κ2) is 7.84. The Morgan fingerprint density at radius 1 is 1.33 bits per heavy atom. The maximum atomic E-state index is 11.1. The summed E-state index contributed by atoms with van der Waals surface area (Å²) in [6.45, 7) is 6.11. The fraction of sp³-hybridized carbons (Fsp3) is 0.500. The molecule has 2 N–H and O–H groups in total. The molecule has 0 fully saturated rings. The van der Waals surface area contributed by atoms with Crippen LogP contribution in [0.3, 0.4) is 0 Å². The highest BCUT2D eigenvalue weighted by Crippen LogP contribution is 2.17. The normalized spacial score (nSPS) is 10.7. The van der Waals surface area contributed by atoms with E-state index in [1.165, 1.54) is 6.92 Å². The Morgan fingerprint density at radius 3 is 2.67 bits per heavy atom. The number of carbonyl (C=O) groups is 1. The summed E-state index contributed by atoms with van der Waals surface area (Å²) >= 11 is 0. The largest absolute Gasteiger partial charge is 0.395 e. The zero-order chi connectivity index (χ0) is 13.4. The van der Waals surface area contributed by atoms with E-state index in [1.54, 1.807) is 0 Å². The van der Waals surface area contributed by atoms with Crippen LogP contribution in [-0.4, -0.2) is 35.6 Å². The number of anilines is 1. The minimum absolute atomic E-state index is 0.0633. The van der Waals surface area contributed by atoms with E-state index in [4.69, 9.17) is 5.11 Å². The van der Waals surface area contributed by atoms with Gasteiger partial charge in [-0.3, -0.25) is 9.69 Å². The molecule has 0 spiro atoms. The standard InChI is InChI=1S/C14H22N2O2/c1-3-8-16(9-10-17)11-13-6-4-5-7-14(13)15-12(2)18/h4-7,17H,3,8-11H2,1-2H3,(H,15,18). The number of nitrogens with one attached hydrogen (secondary N) is 1. The van der Waals surface area contributed by atoms with Crippen LogP contribution in [0.1, 0.15) is 25.8 Å². The molecule has 4 nitrogen and oxygen atoms in total. The summed E-state index contributed by atoms with van der Waals surface area (Å²) in [6.07, 6.45) is 1.04. The Balaban J connectivity index is 2.77. The number of hydrogen-bond donors (Lipinski definition) is 2. The van der Waals surface area contributed by atoms with Gasteiger partial charge in [0.15, 0.2) is 0 Å². The SMILES string of the molecule is CCCN(CCO)Cc1ccccc1NC(C)=O. The first-order valence-electron chi connectivity index (χ1n) is 6.36. The molecule has 0 unspecified atom stereocenters. The monoisotopic (exact) mass is 250 g/mol. The van der Waals surface area contributed by atoms with Crippen LogP contribution in [0.25, 0.3) is 0 Å². The van der Waals surface area contributed by atoms with Crippen molar-refractivity contribution in [3.63, 3.8) is 0 Å². The van der Waals surface area contributed by atoms with E-state index in [1.807, 2.05) is 24.3 Å². The lowest BCUT2D eigenvalue weighted by Gasteiger charge is -2.22. The molecule has 0 aliphatic rings. The fourth-order valence-corrected chi connectivity index (χ4v) is 1.94. The smallest absolute Gasteiger partial charge is 0.221 e. The van der Waals surface area contributed by atoms with Crippen LogP contribution in [0.2, 0.25) is 0 Å². The Morgan fingerprint density at radius 2 is 2.06 bits per heavy atom. The van der Waals surface area contributed by atoms with E-state index in [-0.39, 0.29) is 12.5 Å². The van der Waals surface area contributed by atoms with Gasteiger partial charge in [0.25, 0.3) is 0 Å². The highest BCUT2D eigenvalue weighted by atomic mass is 16.3. The minimum Gasteiger partial charge on any atom is -0.395 e. The number of aliphatic hydroxyl groups excluding tert-OH is 1. The molecule has 0 aliphatic heterocycles. The lowest BCUT2D eigenvalue weighted by atomic mass is 10.1. The van der Waals surface area contributed by atoms with Gasteiger partial charge in [-0.15, -0.1) is 0 Å². The quantitative estimate of drug-likeness (QED) is 0.776. The summed E-state index contributed by atoms with van der Waals surface area (Å²) in [5.74, 6) is -0.0633. The average molecular weight is 250 g/mol. The lowest BCUT2D eigenvalue weighted by Crippen LogP contribution is -2.27. The van der Waals surface area contributed by atoms with Crippen LogP contribution in [0, 0.1) is 0 Å². The maximum absolute atomic E-state index is 11.1. The topological polar surface area (TPSA) is 52.6 Å². The first kappa shape index (κ1) is 14.7. The Labute approximate surface area is 109 Å². The molecular formula is C14H22N2O2. The summed E-state index contributed by atoms with van der Waals surface area (Å²) in [7, 11) is 0. The zero-order valence-corrected chi connectivity index (χ0v) is 11.1. The van der Waals surface area contributed by atoms with Crippen LogP contribution in [0.5, 0.6) is 0 Å². The van der Waals surface area contributed by atoms with Crippen LogP contribution >= 0.6 is 0 Å². The van der Waals surface area contributed by atoms with Crippen LogP contribution < -0.4 is 5.32 Å². The minimum atomic E-state index is -0.0633. The molecule has 0 aliphatic carbocycles. The Kier molecular flexibility index (Phi) is 6.39. The van der Waals surface area contributed by atoms with Crippen molar-refractivity contribution in [3.8, 4) is 0 Å². The number of hydrogen-bond acceptors (Lipinski definition) is 3. The molecule has 0 heterocycles. The number of aliphatic hydroxyl groups is 1. The zero-order valence-electron chi connectivity index (χ0n) is 11.1. The van der Waals surface area contributed by atoms with Crippen molar-refractivity contribution in [2.24, 2.45) is 0 Å². The number of amides is 1. The average Bonchev–Trinajstić information content (AvgIpc) is 2.31. The summed E-state index contributed by atoms with van der Waals surface area (Å²) in [4.78, 5) is 13.3. The second-order valence-corrected chi connectivity index (χ2v) is 4.34. The summed E-state index contributed by atoms with van der Waals surface area (Å²) in [5, 5.41) is 11.9. The van der Waals surface area contributed by atoms with Gasteiger partial charge in [-0.1, -0.05) is 25.1 Å². The van der Waals surface area contributed by atoms with E-state index < -0.39 is 0 Å². The molecule has 100 valence electrons. The molecule has 4 heteroatoms. The Hall–Kier alpha value is -1.39. The molecule has 0 atom stereocenters. The number of carbonyl (C=O) groups excluding carboxylic acids is 1. The van der Waals surface area contributed by atoms with Crippen molar-refractivity contribution < 1.29 is 9.90 Å². The molecule has 0 saturated carbocycles. The van der Waals surface area contributed by atoms with Gasteiger partial charge >= 0.3 is 0 Å². The Bertz CT molecular complexity index is 374. The van der Waals surface area contributed by atoms with Crippen molar-refractivity contribution in [2.45, 2.75) is 26.8 Å². The van der Waals surface area contributed by atoms with Crippen LogP contribution in [0.4, 0.5) is 5.69 Å². The molecule has 0 radical (unpaired) electrons. The third kappa shape index (κ3) is 4.85. The van der Waals surface area contributed by atoms with E-state index in [9.17, 15) is 4.79 Å². The van der Waals surface area contributed by atoms with Gasteiger partial charge in [0.05, 0.1) is 6.61 Å². The molecule has 0 aromatic heterocycles. The number of para-hydroxylation sites is 1. The first-order valence-corrected chi connectivity index (χ1v) is 6.36. The lowest BCUT2D eigenvalue weighted by molar-refractivity contribution is -0.114. The second-order valence-electron chi connectivity index (χ2n) is 4.34. The molecule has 1 aromatic carbocycles. The molecule has 18 heavy (non-hydrogen) atoms. The van der Waals surface area contributed by atoms with Gasteiger partial charge in [0.1, 0.15) is 0 Å². The van der Waals surface area contributed by atoms with E-state index in [2.05, 4.69) is 17.1 Å².